The molecule has 0 bridgehead atoms. The Bertz CT molecular complexity index is 514. The molecule has 0 radical (unpaired) electrons. The highest BCUT2D eigenvalue weighted by Crippen LogP contribution is 2.27. The van der Waals surface area contributed by atoms with Gasteiger partial charge < -0.3 is 5.32 Å². The number of rotatable bonds is 6. The molecule has 0 spiro atoms. The molecule has 1 heterocycles. The van der Waals surface area contributed by atoms with Crippen molar-refractivity contribution in [3.63, 3.8) is 0 Å². The Kier molecular flexibility index (Phi) is 5.64. The fraction of sp³-hybridized carbons (Fsp3) is 0.357. The van der Waals surface area contributed by atoms with Gasteiger partial charge in [-0.25, -0.2) is 0 Å². The minimum atomic E-state index is 0.246. The highest BCUT2D eigenvalue weighted by molar-refractivity contribution is 7.09. The summed E-state index contributed by atoms with van der Waals surface area (Å²) in [4.78, 5) is 5.39. The quantitative estimate of drug-likeness (QED) is 0.833. The van der Waals surface area contributed by atoms with E-state index in [2.05, 4.69) is 17.2 Å². The van der Waals surface area contributed by atoms with Gasteiger partial charge in [-0.3, -0.25) is 4.98 Å². The van der Waals surface area contributed by atoms with Crippen molar-refractivity contribution in [2.45, 2.75) is 25.8 Å². The first kappa shape index (κ1) is 14.8. The molecule has 2 rings (SSSR count). The van der Waals surface area contributed by atoms with E-state index in [1.165, 1.54) is 4.88 Å². The lowest BCUT2D eigenvalue weighted by molar-refractivity contribution is 0.532. The molecule has 2 aromatic rings. The molecule has 1 N–H and O–H groups in total. The third-order valence-corrected chi connectivity index (χ3v) is 4.42. The molecule has 1 unspecified atom stereocenters. The van der Waals surface area contributed by atoms with Crippen molar-refractivity contribution in [1.82, 2.24) is 10.3 Å². The number of hydrogen-bond acceptors (Lipinski definition) is 3. The third-order valence-electron chi connectivity index (χ3n) is 2.88. The molecule has 19 heavy (non-hydrogen) atoms. The number of halogens is 2. The molecule has 0 aliphatic heterocycles. The second-order valence-corrected chi connectivity index (χ2v) is 6.14. The van der Waals surface area contributed by atoms with Crippen LogP contribution in [0.5, 0.6) is 0 Å². The summed E-state index contributed by atoms with van der Waals surface area (Å²) < 4.78 is 0. The first-order chi connectivity index (χ1) is 9.20. The molecule has 0 aliphatic rings. The molecule has 1 atom stereocenters. The second kappa shape index (κ2) is 7.25. The van der Waals surface area contributed by atoms with E-state index in [4.69, 9.17) is 23.2 Å². The Labute approximate surface area is 127 Å². The molecule has 2 nitrogen and oxygen atoms in total. The van der Waals surface area contributed by atoms with E-state index in [1.54, 1.807) is 11.3 Å². The molecule has 102 valence electrons. The predicted molar refractivity (Wildman–Crippen MR) is 83.3 cm³/mol. The summed E-state index contributed by atoms with van der Waals surface area (Å²) in [5.74, 6) is 0. The van der Waals surface area contributed by atoms with Crippen LogP contribution in [0.15, 0.2) is 29.9 Å². The van der Waals surface area contributed by atoms with Crippen molar-refractivity contribution in [3.8, 4) is 0 Å². The summed E-state index contributed by atoms with van der Waals surface area (Å²) in [5.41, 5.74) is 3.03. The van der Waals surface area contributed by atoms with Crippen molar-refractivity contribution in [2.75, 3.05) is 6.54 Å². The number of aromatic nitrogens is 1. The number of nitrogens with one attached hydrogen (secondary N) is 1. The molecule has 0 aliphatic carbocycles. The van der Waals surface area contributed by atoms with Crippen LogP contribution in [0.4, 0.5) is 0 Å². The van der Waals surface area contributed by atoms with E-state index in [9.17, 15) is 0 Å². The van der Waals surface area contributed by atoms with Gasteiger partial charge in [0.05, 0.1) is 15.6 Å². The van der Waals surface area contributed by atoms with Gasteiger partial charge in [0.2, 0.25) is 0 Å². The number of hydrogen-bond donors (Lipinski definition) is 1. The summed E-state index contributed by atoms with van der Waals surface area (Å²) in [6.45, 7) is 3.13. The van der Waals surface area contributed by atoms with E-state index in [1.807, 2.05) is 29.9 Å². The second-order valence-electron chi connectivity index (χ2n) is 4.35. The first-order valence-corrected chi connectivity index (χ1v) is 7.90. The van der Waals surface area contributed by atoms with Crippen LogP contribution in [0.1, 0.15) is 29.8 Å². The lowest BCUT2D eigenvalue weighted by Gasteiger charge is -2.18. The zero-order chi connectivity index (χ0) is 13.7. The Morgan fingerprint density at radius 3 is 2.79 bits per heavy atom. The normalized spacial score (nSPS) is 12.6. The number of nitrogens with zero attached hydrogens (tertiary/aromatic N) is 1. The zero-order valence-corrected chi connectivity index (χ0v) is 13.0. The maximum Gasteiger partial charge on any atom is 0.0794 e. The summed E-state index contributed by atoms with van der Waals surface area (Å²) in [7, 11) is 0. The molecular weight excluding hydrogens is 299 g/mol. The van der Waals surface area contributed by atoms with Gasteiger partial charge in [0.1, 0.15) is 0 Å². The lowest BCUT2D eigenvalue weighted by Crippen LogP contribution is -2.23. The number of thiazole rings is 1. The zero-order valence-electron chi connectivity index (χ0n) is 10.7. The predicted octanol–water partition coefficient (Wildman–Crippen LogP) is 4.73. The summed E-state index contributed by atoms with van der Waals surface area (Å²) in [6, 6.07) is 6.07. The van der Waals surface area contributed by atoms with E-state index in [0.29, 0.717) is 10.0 Å². The lowest BCUT2D eigenvalue weighted by atomic mass is 10.0. The molecule has 1 aromatic heterocycles. The maximum atomic E-state index is 6.10. The van der Waals surface area contributed by atoms with Gasteiger partial charge in [-0.2, -0.15) is 0 Å². The standard InChI is InChI=1S/C14H16Cl2N2S/c1-2-5-18-14(7-11-8-17-9-19-11)10-3-4-12(15)13(16)6-10/h3-4,6,8-9,14,18H,2,5,7H2,1H3. The van der Waals surface area contributed by atoms with E-state index >= 15 is 0 Å². The van der Waals surface area contributed by atoms with Gasteiger partial charge in [0, 0.05) is 23.5 Å². The van der Waals surface area contributed by atoms with Gasteiger partial charge in [0.15, 0.2) is 0 Å². The average molecular weight is 315 g/mol. The Morgan fingerprint density at radius 1 is 1.32 bits per heavy atom. The molecule has 1 aromatic carbocycles. The highest BCUT2D eigenvalue weighted by atomic mass is 35.5. The van der Waals surface area contributed by atoms with Crippen molar-refractivity contribution in [2.24, 2.45) is 0 Å². The molecule has 5 heteroatoms. The Morgan fingerprint density at radius 2 is 2.16 bits per heavy atom. The van der Waals surface area contributed by atoms with Gasteiger partial charge in [-0.15, -0.1) is 11.3 Å². The minimum absolute atomic E-state index is 0.246. The largest absolute Gasteiger partial charge is 0.310 e. The van der Waals surface area contributed by atoms with Crippen molar-refractivity contribution < 1.29 is 0 Å². The van der Waals surface area contributed by atoms with Gasteiger partial charge in [-0.1, -0.05) is 36.2 Å². The fourth-order valence-electron chi connectivity index (χ4n) is 1.90. The topological polar surface area (TPSA) is 24.9 Å². The van der Waals surface area contributed by atoms with Crippen molar-refractivity contribution in [1.29, 1.82) is 0 Å². The van der Waals surface area contributed by atoms with Gasteiger partial charge in [-0.05, 0) is 30.7 Å². The van der Waals surface area contributed by atoms with E-state index in [-0.39, 0.29) is 6.04 Å². The van der Waals surface area contributed by atoms with Crippen LogP contribution < -0.4 is 5.32 Å². The van der Waals surface area contributed by atoms with Crippen LogP contribution in [-0.2, 0) is 6.42 Å². The van der Waals surface area contributed by atoms with E-state index in [0.717, 1.165) is 24.9 Å². The van der Waals surface area contributed by atoms with Gasteiger partial charge >= 0.3 is 0 Å². The summed E-state index contributed by atoms with van der Waals surface area (Å²) in [5, 5.41) is 4.75. The molecule has 0 fully saturated rings. The van der Waals surface area contributed by atoms with Crippen LogP contribution in [-0.4, -0.2) is 11.5 Å². The molecular formula is C14H16Cl2N2S. The molecule has 0 amide bonds. The summed E-state index contributed by atoms with van der Waals surface area (Å²) >= 11 is 13.8. The van der Waals surface area contributed by atoms with E-state index < -0.39 is 0 Å². The monoisotopic (exact) mass is 314 g/mol. The molecule has 0 saturated heterocycles. The van der Waals surface area contributed by atoms with Crippen LogP contribution >= 0.6 is 34.5 Å². The SMILES string of the molecule is CCCNC(Cc1cncs1)c1ccc(Cl)c(Cl)c1. The van der Waals surface area contributed by atoms with Crippen LogP contribution in [0.25, 0.3) is 0 Å². The maximum absolute atomic E-state index is 6.10. The number of benzene rings is 1. The third kappa shape index (κ3) is 4.18. The van der Waals surface area contributed by atoms with Gasteiger partial charge in [0.25, 0.3) is 0 Å². The van der Waals surface area contributed by atoms with Crippen LogP contribution in [0, 0.1) is 0 Å². The minimum Gasteiger partial charge on any atom is -0.310 e. The van der Waals surface area contributed by atoms with Crippen molar-refractivity contribution >= 4 is 34.5 Å². The Hall–Kier alpha value is -0.610. The highest BCUT2D eigenvalue weighted by Gasteiger charge is 2.13. The summed E-state index contributed by atoms with van der Waals surface area (Å²) in [6.07, 6.45) is 3.94. The van der Waals surface area contributed by atoms with Crippen LogP contribution in [0.2, 0.25) is 10.0 Å². The first-order valence-electron chi connectivity index (χ1n) is 6.26. The van der Waals surface area contributed by atoms with Crippen molar-refractivity contribution in [3.05, 3.63) is 50.4 Å². The smallest absolute Gasteiger partial charge is 0.0794 e. The van der Waals surface area contributed by atoms with Crippen LogP contribution in [0.3, 0.4) is 0 Å². The fourth-order valence-corrected chi connectivity index (χ4v) is 2.85. The average Bonchev–Trinajstić information content (AvgIpc) is 2.91. The molecule has 0 saturated carbocycles. The Balaban J connectivity index is 2.18.